The molecule has 0 aliphatic heterocycles. The number of allylic oxidation sites excluding steroid dienone is 1. The van der Waals surface area contributed by atoms with Crippen LogP contribution in [-0.2, 0) is 9.53 Å². The van der Waals surface area contributed by atoms with Gasteiger partial charge in [-0.15, -0.1) is 0 Å². The minimum absolute atomic E-state index is 0.0475. The molecule has 0 radical (unpaired) electrons. The molecule has 70 valence electrons. The van der Waals surface area contributed by atoms with Crippen LogP contribution in [0, 0.1) is 0 Å². The van der Waals surface area contributed by atoms with E-state index >= 15 is 0 Å². The molecule has 12 heavy (non-hydrogen) atoms. The number of hydrogen-bond acceptors (Lipinski definition) is 3. The fourth-order valence-electron chi connectivity index (χ4n) is 0.397. The SMILES string of the molecule is COC(=CC(=O)C(Cl)(Cl)Cl)CO. The lowest BCUT2D eigenvalue weighted by molar-refractivity contribution is -0.114. The summed E-state index contributed by atoms with van der Waals surface area (Å²) >= 11 is 15.7. The number of methoxy groups -OCH3 is 1. The Labute approximate surface area is 84.9 Å². The van der Waals surface area contributed by atoms with E-state index in [4.69, 9.17) is 39.9 Å². The molecule has 0 atom stereocenters. The Hall–Kier alpha value is 0.0400. The molecule has 0 saturated carbocycles. The van der Waals surface area contributed by atoms with E-state index < -0.39 is 16.2 Å². The molecular weight excluding hydrogens is 226 g/mol. The van der Waals surface area contributed by atoms with Crippen LogP contribution in [0.25, 0.3) is 0 Å². The van der Waals surface area contributed by atoms with Crippen molar-refractivity contribution in [2.45, 2.75) is 3.79 Å². The van der Waals surface area contributed by atoms with Crippen LogP contribution in [0.5, 0.6) is 0 Å². The maximum atomic E-state index is 10.9. The standard InChI is InChI=1S/C6H7Cl3O3/c1-12-4(3-10)2-5(11)6(7,8)9/h2,10H,3H2,1H3. The van der Waals surface area contributed by atoms with Gasteiger partial charge in [-0.2, -0.15) is 0 Å². The number of hydrogen-bond donors (Lipinski definition) is 1. The van der Waals surface area contributed by atoms with E-state index in [1.54, 1.807) is 0 Å². The normalized spacial score (nSPS) is 12.9. The van der Waals surface area contributed by atoms with Crippen molar-refractivity contribution in [3.05, 3.63) is 11.8 Å². The van der Waals surface area contributed by atoms with Gasteiger partial charge in [0, 0.05) is 6.08 Å². The third-order valence-corrected chi connectivity index (χ3v) is 1.55. The summed E-state index contributed by atoms with van der Waals surface area (Å²) < 4.78 is 2.58. The molecule has 3 nitrogen and oxygen atoms in total. The summed E-state index contributed by atoms with van der Waals surface area (Å²) in [4.78, 5) is 10.9. The molecule has 6 heteroatoms. The molecule has 0 amide bonds. The molecule has 1 N–H and O–H groups in total. The van der Waals surface area contributed by atoms with Crippen LogP contribution in [0.15, 0.2) is 11.8 Å². The van der Waals surface area contributed by atoms with Crippen molar-refractivity contribution in [1.82, 2.24) is 0 Å². The first-order valence-electron chi connectivity index (χ1n) is 2.88. The summed E-state index contributed by atoms with van der Waals surface area (Å²) in [6, 6.07) is 0. The van der Waals surface area contributed by atoms with Crippen LogP contribution in [0.4, 0.5) is 0 Å². The predicted octanol–water partition coefficient (Wildman–Crippen LogP) is 1.45. The second-order valence-electron chi connectivity index (χ2n) is 1.83. The molecule has 0 rings (SSSR count). The monoisotopic (exact) mass is 232 g/mol. The molecule has 0 spiro atoms. The number of ketones is 1. The second kappa shape index (κ2) is 4.92. The van der Waals surface area contributed by atoms with E-state index in [1.165, 1.54) is 7.11 Å². The zero-order chi connectivity index (χ0) is 9.78. The molecule has 0 aromatic rings. The van der Waals surface area contributed by atoms with Gasteiger partial charge in [0.2, 0.25) is 5.78 Å². The lowest BCUT2D eigenvalue weighted by atomic mass is 10.3. The van der Waals surface area contributed by atoms with Crippen molar-refractivity contribution in [2.24, 2.45) is 0 Å². The zero-order valence-electron chi connectivity index (χ0n) is 6.18. The van der Waals surface area contributed by atoms with Crippen LogP contribution in [0.3, 0.4) is 0 Å². The maximum Gasteiger partial charge on any atom is 0.252 e. The molecule has 0 aromatic heterocycles. The van der Waals surface area contributed by atoms with Crippen LogP contribution >= 0.6 is 34.8 Å². The van der Waals surface area contributed by atoms with E-state index in [1.807, 2.05) is 0 Å². The minimum Gasteiger partial charge on any atom is -0.499 e. The third-order valence-electron chi connectivity index (χ3n) is 0.989. The van der Waals surface area contributed by atoms with Gasteiger partial charge < -0.3 is 9.84 Å². The van der Waals surface area contributed by atoms with Crippen molar-refractivity contribution in [1.29, 1.82) is 0 Å². The number of aliphatic hydroxyl groups excluding tert-OH is 1. The molecule has 0 bridgehead atoms. The predicted molar refractivity (Wildman–Crippen MR) is 47.5 cm³/mol. The smallest absolute Gasteiger partial charge is 0.252 e. The van der Waals surface area contributed by atoms with Gasteiger partial charge in [-0.3, -0.25) is 4.79 Å². The molecular formula is C6H7Cl3O3. The summed E-state index contributed by atoms with van der Waals surface area (Å²) in [5, 5.41) is 8.57. The van der Waals surface area contributed by atoms with Gasteiger partial charge >= 0.3 is 0 Å². The number of carbonyl (C=O) groups excluding carboxylic acids is 1. The summed E-state index contributed by atoms with van der Waals surface area (Å²) in [6.07, 6.45) is 0.938. The largest absolute Gasteiger partial charge is 0.499 e. The first-order valence-corrected chi connectivity index (χ1v) is 4.01. The molecule has 0 fully saturated rings. The van der Waals surface area contributed by atoms with Crippen molar-refractivity contribution < 1.29 is 14.6 Å². The van der Waals surface area contributed by atoms with Crippen LogP contribution < -0.4 is 0 Å². The van der Waals surface area contributed by atoms with Crippen LogP contribution in [-0.4, -0.2) is 28.4 Å². The summed E-state index contributed by atoms with van der Waals surface area (Å²) in [6.45, 7) is -0.414. The maximum absolute atomic E-state index is 10.9. The first-order chi connectivity index (χ1) is 5.41. The highest BCUT2D eigenvalue weighted by Gasteiger charge is 2.28. The fourth-order valence-corrected chi connectivity index (χ4v) is 0.561. The highest BCUT2D eigenvalue weighted by molar-refractivity contribution is 6.77. The number of ether oxygens (including phenoxy) is 1. The van der Waals surface area contributed by atoms with Gasteiger partial charge in [0.05, 0.1) is 7.11 Å². The van der Waals surface area contributed by atoms with E-state index in [0.717, 1.165) is 6.08 Å². The average Bonchev–Trinajstić information content (AvgIpc) is 1.97. The number of aliphatic hydroxyl groups is 1. The second-order valence-corrected chi connectivity index (χ2v) is 4.12. The zero-order valence-corrected chi connectivity index (χ0v) is 8.45. The Morgan fingerprint density at radius 1 is 1.58 bits per heavy atom. The summed E-state index contributed by atoms with van der Waals surface area (Å²) in [5.41, 5.74) is 0. The molecule has 0 heterocycles. The number of halogens is 3. The van der Waals surface area contributed by atoms with Gasteiger partial charge in [-0.1, -0.05) is 34.8 Å². The Balaban J connectivity index is 4.42. The van der Waals surface area contributed by atoms with Crippen molar-refractivity contribution in [2.75, 3.05) is 13.7 Å². The lowest BCUT2D eigenvalue weighted by Gasteiger charge is -2.06. The lowest BCUT2D eigenvalue weighted by Crippen LogP contribution is -2.17. The van der Waals surface area contributed by atoms with Gasteiger partial charge in [0.1, 0.15) is 12.4 Å². The Morgan fingerprint density at radius 3 is 2.33 bits per heavy atom. The van der Waals surface area contributed by atoms with E-state index in [0.29, 0.717) is 0 Å². The number of rotatable bonds is 3. The highest BCUT2D eigenvalue weighted by atomic mass is 35.6. The highest BCUT2D eigenvalue weighted by Crippen LogP contribution is 2.27. The fraction of sp³-hybridized carbons (Fsp3) is 0.500. The van der Waals surface area contributed by atoms with Crippen molar-refractivity contribution >= 4 is 40.6 Å². The van der Waals surface area contributed by atoms with E-state index in [9.17, 15) is 4.79 Å². The Morgan fingerprint density at radius 2 is 2.08 bits per heavy atom. The van der Waals surface area contributed by atoms with E-state index in [2.05, 4.69) is 4.74 Å². The molecule has 0 aliphatic rings. The molecule has 0 saturated heterocycles. The molecule has 0 aliphatic carbocycles. The number of alkyl halides is 3. The number of carbonyl (C=O) groups is 1. The summed E-state index contributed by atoms with van der Waals surface area (Å²) in [7, 11) is 1.30. The summed E-state index contributed by atoms with van der Waals surface area (Å²) in [5.74, 6) is -0.704. The first kappa shape index (κ1) is 12.0. The van der Waals surface area contributed by atoms with Crippen molar-refractivity contribution in [3.8, 4) is 0 Å². The topological polar surface area (TPSA) is 46.5 Å². The van der Waals surface area contributed by atoms with Gasteiger partial charge in [-0.25, -0.2) is 0 Å². The van der Waals surface area contributed by atoms with Gasteiger partial charge in [0.15, 0.2) is 0 Å². The third kappa shape index (κ3) is 4.16. The van der Waals surface area contributed by atoms with Gasteiger partial charge in [-0.05, 0) is 0 Å². The van der Waals surface area contributed by atoms with Crippen LogP contribution in [0.2, 0.25) is 0 Å². The van der Waals surface area contributed by atoms with Crippen LogP contribution in [0.1, 0.15) is 0 Å². The molecule has 0 unspecified atom stereocenters. The van der Waals surface area contributed by atoms with Gasteiger partial charge in [0.25, 0.3) is 3.79 Å². The minimum atomic E-state index is -2.00. The Bertz CT molecular complexity index is 189. The quantitative estimate of drug-likeness (QED) is 0.456. The average molecular weight is 233 g/mol. The van der Waals surface area contributed by atoms with Crippen molar-refractivity contribution in [3.63, 3.8) is 0 Å². The van der Waals surface area contributed by atoms with E-state index in [-0.39, 0.29) is 5.76 Å². The Kier molecular flexibility index (Phi) is 4.94. The molecule has 0 aromatic carbocycles.